The molecule has 172 valence electrons. The number of aromatic nitrogens is 3. The van der Waals surface area contributed by atoms with Crippen molar-refractivity contribution in [3.63, 3.8) is 0 Å². The Kier molecular flexibility index (Phi) is 7.80. The number of aliphatic imine (C=N–C) groups is 1. The van der Waals surface area contributed by atoms with Crippen LogP contribution in [0.1, 0.15) is 11.4 Å². The molecular formula is C21H25F3IN7. The Morgan fingerprint density at radius 2 is 1.84 bits per heavy atom. The van der Waals surface area contributed by atoms with Crippen molar-refractivity contribution in [1.29, 1.82) is 0 Å². The number of hydrogen-bond donors (Lipinski definition) is 1. The zero-order valence-electron chi connectivity index (χ0n) is 17.6. The number of nitrogens with zero attached hydrogens (tertiary/aromatic N) is 6. The molecule has 0 saturated carbocycles. The van der Waals surface area contributed by atoms with E-state index in [2.05, 4.69) is 25.4 Å². The lowest BCUT2D eigenvalue weighted by Crippen LogP contribution is -2.52. The van der Waals surface area contributed by atoms with Crippen molar-refractivity contribution >= 4 is 41.3 Å². The molecule has 0 bridgehead atoms. The summed E-state index contributed by atoms with van der Waals surface area (Å²) in [6.45, 7) is 3.23. The highest BCUT2D eigenvalue weighted by atomic mass is 127. The topological polar surface area (TPSA) is 61.1 Å². The minimum atomic E-state index is -4.33. The first-order chi connectivity index (χ1) is 15.0. The highest BCUT2D eigenvalue weighted by Crippen LogP contribution is 2.31. The van der Waals surface area contributed by atoms with E-state index in [0.717, 1.165) is 23.5 Å². The Hall–Kier alpha value is -2.57. The number of benzene rings is 1. The quantitative estimate of drug-likeness (QED) is 0.302. The Balaban J connectivity index is 0.00000289. The van der Waals surface area contributed by atoms with Crippen LogP contribution in [0.4, 0.5) is 18.9 Å². The van der Waals surface area contributed by atoms with E-state index in [-0.39, 0.29) is 24.0 Å². The third-order valence-electron chi connectivity index (χ3n) is 5.35. The molecule has 0 unspecified atom stereocenters. The second-order valence-corrected chi connectivity index (χ2v) is 7.29. The van der Waals surface area contributed by atoms with Crippen LogP contribution in [0.5, 0.6) is 0 Å². The van der Waals surface area contributed by atoms with Gasteiger partial charge in [0.2, 0.25) is 0 Å². The normalized spacial score (nSPS) is 15.1. The largest absolute Gasteiger partial charge is 0.416 e. The summed E-state index contributed by atoms with van der Waals surface area (Å²) in [5, 5.41) is 11.7. The van der Waals surface area contributed by atoms with Crippen LogP contribution in [0, 0.1) is 0 Å². The summed E-state index contributed by atoms with van der Waals surface area (Å²) in [7, 11) is 1.73. The average molecular weight is 559 g/mol. The maximum atomic E-state index is 13.0. The Bertz CT molecular complexity index is 1060. The number of guanidine groups is 1. The van der Waals surface area contributed by atoms with Gasteiger partial charge in [0, 0.05) is 58.1 Å². The standard InChI is InChI=1S/C21H24F3N7.HI/c1-25-20(26-9-8-19-28-27-18-7-2-3-10-31(18)19)30-13-11-29(12-14-30)17-6-4-5-16(15-17)21(22,23)24;/h2-7,10,15H,8-9,11-14H2,1H3,(H,25,26);1H. The van der Waals surface area contributed by atoms with Crippen LogP contribution in [0.2, 0.25) is 0 Å². The predicted molar refractivity (Wildman–Crippen MR) is 129 cm³/mol. The van der Waals surface area contributed by atoms with Gasteiger partial charge < -0.3 is 15.1 Å². The molecule has 7 nitrogen and oxygen atoms in total. The second-order valence-electron chi connectivity index (χ2n) is 7.29. The molecule has 1 aliphatic rings. The number of fused-ring (bicyclic) bond motifs is 1. The molecule has 3 aromatic rings. The molecule has 1 aliphatic heterocycles. The van der Waals surface area contributed by atoms with Crippen LogP contribution >= 0.6 is 24.0 Å². The molecule has 32 heavy (non-hydrogen) atoms. The van der Waals surface area contributed by atoms with E-state index in [1.54, 1.807) is 13.1 Å². The van der Waals surface area contributed by atoms with Crippen molar-refractivity contribution < 1.29 is 13.2 Å². The molecule has 4 rings (SSSR count). The summed E-state index contributed by atoms with van der Waals surface area (Å²) in [6.07, 6.45) is -1.71. The first-order valence-electron chi connectivity index (χ1n) is 10.1. The zero-order chi connectivity index (χ0) is 21.8. The number of anilines is 1. The van der Waals surface area contributed by atoms with Crippen LogP contribution in [0.3, 0.4) is 0 Å². The van der Waals surface area contributed by atoms with E-state index < -0.39 is 11.7 Å². The van der Waals surface area contributed by atoms with Gasteiger partial charge in [-0.15, -0.1) is 34.2 Å². The van der Waals surface area contributed by atoms with E-state index in [9.17, 15) is 13.2 Å². The fourth-order valence-electron chi connectivity index (χ4n) is 3.74. The lowest BCUT2D eigenvalue weighted by molar-refractivity contribution is -0.137. The van der Waals surface area contributed by atoms with Crippen LogP contribution in [-0.2, 0) is 12.6 Å². The maximum Gasteiger partial charge on any atom is 0.416 e. The van der Waals surface area contributed by atoms with Gasteiger partial charge in [-0.3, -0.25) is 9.39 Å². The van der Waals surface area contributed by atoms with Gasteiger partial charge >= 0.3 is 6.18 Å². The van der Waals surface area contributed by atoms with Gasteiger partial charge in [0.05, 0.1) is 5.56 Å². The number of nitrogens with one attached hydrogen (secondary N) is 1. The molecule has 0 spiro atoms. The molecular weight excluding hydrogens is 534 g/mol. The molecule has 0 amide bonds. The first kappa shape index (κ1) is 24.1. The van der Waals surface area contributed by atoms with Crippen LogP contribution < -0.4 is 10.2 Å². The number of pyridine rings is 1. The van der Waals surface area contributed by atoms with Crippen molar-refractivity contribution in [2.75, 3.05) is 44.7 Å². The third-order valence-corrected chi connectivity index (χ3v) is 5.35. The summed E-state index contributed by atoms with van der Waals surface area (Å²) in [5.74, 6) is 1.64. The number of hydrogen-bond acceptors (Lipinski definition) is 4. The second kappa shape index (κ2) is 10.4. The zero-order valence-corrected chi connectivity index (χ0v) is 19.9. The van der Waals surface area contributed by atoms with Crippen molar-refractivity contribution in [2.24, 2.45) is 4.99 Å². The Morgan fingerprint density at radius 3 is 2.56 bits per heavy atom. The smallest absolute Gasteiger partial charge is 0.368 e. The molecule has 11 heteroatoms. The van der Waals surface area contributed by atoms with Crippen LogP contribution in [-0.4, -0.2) is 65.2 Å². The average Bonchev–Trinajstić information content (AvgIpc) is 3.20. The number of rotatable bonds is 4. The fraction of sp³-hybridized carbons (Fsp3) is 0.381. The lowest BCUT2D eigenvalue weighted by Gasteiger charge is -2.37. The van der Waals surface area contributed by atoms with Crippen LogP contribution in [0.15, 0.2) is 53.7 Å². The number of halogens is 4. The molecule has 1 fully saturated rings. The highest BCUT2D eigenvalue weighted by molar-refractivity contribution is 14.0. The van der Waals surface area contributed by atoms with E-state index in [1.807, 2.05) is 33.7 Å². The van der Waals surface area contributed by atoms with Crippen molar-refractivity contribution in [2.45, 2.75) is 12.6 Å². The SMILES string of the molecule is CN=C(NCCc1nnc2ccccn12)N1CCN(c2cccc(C(F)(F)F)c2)CC1.I. The van der Waals surface area contributed by atoms with E-state index >= 15 is 0 Å². The summed E-state index contributed by atoms with van der Waals surface area (Å²) < 4.78 is 40.9. The third kappa shape index (κ3) is 5.43. The molecule has 2 aromatic heterocycles. The number of piperazine rings is 1. The van der Waals surface area contributed by atoms with Gasteiger partial charge in [0.25, 0.3) is 0 Å². The Morgan fingerprint density at radius 1 is 1.06 bits per heavy atom. The molecule has 3 heterocycles. The van der Waals surface area contributed by atoms with Gasteiger partial charge in [-0.25, -0.2) is 0 Å². The van der Waals surface area contributed by atoms with Crippen molar-refractivity contribution in [3.05, 3.63) is 60.0 Å². The summed E-state index contributed by atoms with van der Waals surface area (Å²) in [4.78, 5) is 8.45. The summed E-state index contributed by atoms with van der Waals surface area (Å²) in [5.41, 5.74) is 0.787. The van der Waals surface area contributed by atoms with Crippen LogP contribution in [0.25, 0.3) is 5.65 Å². The van der Waals surface area contributed by atoms with Gasteiger partial charge in [-0.05, 0) is 30.3 Å². The first-order valence-corrected chi connectivity index (χ1v) is 10.1. The predicted octanol–water partition coefficient (Wildman–Crippen LogP) is 3.31. The van der Waals surface area contributed by atoms with E-state index in [1.165, 1.54) is 12.1 Å². The van der Waals surface area contributed by atoms with E-state index in [0.29, 0.717) is 44.8 Å². The minimum absolute atomic E-state index is 0. The van der Waals surface area contributed by atoms with Crippen molar-refractivity contribution in [1.82, 2.24) is 24.8 Å². The van der Waals surface area contributed by atoms with Gasteiger partial charge in [-0.2, -0.15) is 13.2 Å². The molecule has 1 saturated heterocycles. The molecule has 0 aliphatic carbocycles. The maximum absolute atomic E-state index is 13.0. The Labute approximate surface area is 201 Å². The molecule has 1 aromatic carbocycles. The highest BCUT2D eigenvalue weighted by Gasteiger charge is 2.31. The van der Waals surface area contributed by atoms with Gasteiger partial charge in [0.15, 0.2) is 11.6 Å². The molecule has 0 radical (unpaired) electrons. The van der Waals surface area contributed by atoms with Gasteiger partial charge in [-0.1, -0.05) is 12.1 Å². The van der Waals surface area contributed by atoms with Gasteiger partial charge in [0.1, 0.15) is 5.82 Å². The molecule has 1 N–H and O–H groups in total. The fourth-order valence-corrected chi connectivity index (χ4v) is 3.74. The number of alkyl halides is 3. The van der Waals surface area contributed by atoms with E-state index in [4.69, 9.17) is 0 Å². The summed E-state index contributed by atoms with van der Waals surface area (Å²) >= 11 is 0. The molecule has 0 atom stereocenters. The monoisotopic (exact) mass is 559 g/mol. The van der Waals surface area contributed by atoms with Crippen molar-refractivity contribution in [3.8, 4) is 0 Å². The summed E-state index contributed by atoms with van der Waals surface area (Å²) in [6, 6.07) is 11.3. The lowest BCUT2D eigenvalue weighted by atomic mass is 10.1. The minimum Gasteiger partial charge on any atom is -0.368 e.